The Labute approximate surface area is 168 Å². The van der Waals surface area contributed by atoms with Crippen molar-refractivity contribution >= 4 is 22.8 Å². The second kappa shape index (κ2) is 7.43. The number of rotatable bonds is 4. The number of aromatic nitrogens is 4. The molecule has 1 aliphatic heterocycles. The van der Waals surface area contributed by atoms with Crippen LogP contribution in [0.25, 0.3) is 22.3 Å². The van der Waals surface area contributed by atoms with Crippen LogP contribution in [0.5, 0.6) is 0 Å². The molecule has 3 heterocycles. The summed E-state index contributed by atoms with van der Waals surface area (Å²) >= 11 is 0. The summed E-state index contributed by atoms with van der Waals surface area (Å²) in [6.45, 7) is 1.73. The molecule has 0 saturated carbocycles. The van der Waals surface area contributed by atoms with Crippen LogP contribution < -0.4 is 10.2 Å². The van der Waals surface area contributed by atoms with Gasteiger partial charge in [0.25, 0.3) is 5.91 Å². The molecule has 0 aliphatic carbocycles. The number of aromatic amines is 2. The molecule has 3 N–H and O–H groups in total. The van der Waals surface area contributed by atoms with Crippen LogP contribution in [0.2, 0.25) is 0 Å². The standard InChI is InChI=1S/C22H22N6O/c29-22(16-6-7-18-20(12-16)24-14-23-18)25-17-8-10-28(11-9-17)21-13-19(26-27-21)15-4-2-1-3-5-15/h1-7,12-14,17H,8-11H2,(H,23,24)(H,25,29)(H,26,27). The fourth-order valence-electron chi connectivity index (χ4n) is 3.84. The largest absolute Gasteiger partial charge is 0.355 e. The van der Waals surface area contributed by atoms with Crippen molar-refractivity contribution in [3.05, 3.63) is 66.5 Å². The number of nitrogens with zero attached hydrogens (tertiary/aromatic N) is 3. The number of benzene rings is 2. The van der Waals surface area contributed by atoms with Gasteiger partial charge in [-0.25, -0.2) is 4.98 Å². The molecule has 7 nitrogen and oxygen atoms in total. The van der Waals surface area contributed by atoms with E-state index in [4.69, 9.17) is 0 Å². The van der Waals surface area contributed by atoms with E-state index in [0.717, 1.165) is 54.0 Å². The molecule has 5 rings (SSSR count). The van der Waals surface area contributed by atoms with Crippen molar-refractivity contribution < 1.29 is 4.79 Å². The Bertz CT molecular complexity index is 1120. The Kier molecular flexibility index (Phi) is 4.48. The summed E-state index contributed by atoms with van der Waals surface area (Å²) in [5, 5.41) is 10.8. The molecule has 0 atom stereocenters. The summed E-state index contributed by atoms with van der Waals surface area (Å²) in [6.07, 6.45) is 3.43. The third-order valence-electron chi connectivity index (χ3n) is 5.49. The van der Waals surface area contributed by atoms with Crippen molar-refractivity contribution in [1.29, 1.82) is 0 Å². The first-order valence-corrected chi connectivity index (χ1v) is 9.86. The van der Waals surface area contributed by atoms with E-state index < -0.39 is 0 Å². The first kappa shape index (κ1) is 17.5. The fraction of sp³-hybridized carbons (Fsp3) is 0.227. The minimum absolute atomic E-state index is 0.0360. The molecule has 1 aliphatic rings. The number of piperidine rings is 1. The van der Waals surface area contributed by atoms with Crippen molar-refractivity contribution in [3.8, 4) is 11.3 Å². The molecule has 4 aromatic rings. The SMILES string of the molecule is O=C(NC1CCN(c2cc(-c3ccccc3)[nH]n2)CC1)c1ccc2nc[nH]c2c1. The molecule has 7 heteroatoms. The van der Waals surface area contributed by atoms with Gasteiger partial charge in [0.1, 0.15) is 0 Å². The van der Waals surface area contributed by atoms with E-state index in [2.05, 4.69) is 48.6 Å². The third kappa shape index (κ3) is 3.59. The lowest BCUT2D eigenvalue weighted by Gasteiger charge is -2.32. The van der Waals surface area contributed by atoms with E-state index in [0.29, 0.717) is 5.56 Å². The van der Waals surface area contributed by atoms with Crippen molar-refractivity contribution in [2.75, 3.05) is 18.0 Å². The second-order valence-corrected chi connectivity index (χ2v) is 7.38. The number of carbonyl (C=O) groups excluding carboxylic acids is 1. The van der Waals surface area contributed by atoms with Crippen LogP contribution in [0.4, 0.5) is 5.82 Å². The number of amides is 1. The molecule has 0 bridgehead atoms. The monoisotopic (exact) mass is 386 g/mol. The lowest BCUT2D eigenvalue weighted by molar-refractivity contribution is 0.0931. The molecular weight excluding hydrogens is 364 g/mol. The molecule has 0 unspecified atom stereocenters. The maximum atomic E-state index is 12.6. The van der Waals surface area contributed by atoms with Crippen LogP contribution in [0.3, 0.4) is 0 Å². The quantitative estimate of drug-likeness (QED) is 0.502. The zero-order valence-electron chi connectivity index (χ0n) is 15.9. The highest BCUT2D eigenvalue weighted by Crippen LogP contribution is 2.24. The molecule has 0 spiro atoms. The van der Waals surface area contributed by atoms with Crippen molar-refractivity contribution in [2.45, 2.75) is 18.9 Å². The van der Waals surface area contributed by atoms with Gasteiger partial charge in [-0.2, -0.15) is 5.10 Å². The molecule has 2 aromatic carbocycles. The average Bonchev–Trinajstić information content (AvgIpc) is 3.44. The Morgan fingerprint density at radius 3 is 2.72 bits per heavy atom. The Morgan fingerprint density at radius 1 is 1.07 bits per heavy atom. The van der Waals surface area contributed by atoms with Gasteiger partial charge in [0, 0.05) is 30.8 Å². The normalized spacial score (nSPS) is 15.0. The van der Waals surface area contributed by atoms with Gasteiger partial charge in [-0.3, -0.25) is 9.89 Å². The minimum Gasteiger partial charge on any atom is -0.355 e. The number of carbonyl (C=O) groups is 1. The molecule has 0 radical (unpaired) electrons. The van der Waals surface area contributed by atoms with Crippen LogP contribution in [-0.4, -0.2) is 45.2 Å². The lowest BCUT2D eigenvalue weighted by atomic mass is 10.0. The lowest BCUT2D eigenvalue weighted by Crippen LogP contribution is -2.44. The number of H-pyrrole nitrogens is 2. The molecule has 1 amide bonds. The highest BCUT2D eigenvalue weighted by atomic mass is 16.1. The number of hydrogen-bond acceptors (Lipinski definition) is 4. The Hall–Kier alpha value is -3.61. The fourth-order valence-corrected chi connectivity index (χ4v) is 3.84. The van der Waals surface area contributed by atoms with Gasteiger partial charge in [0.15, 0.2) is 5.82 Å². The number of imidazole rings is 1. The predicted molar refractivity (Wildman–Crippen MR) is 113 cm³/mol. The minimum atomic E-state index is -0.0360. The van der Waals surface area contributed by atoms with Crippen LogP contribution in [0, 0.1) is 0 Å². The van der Waals surface area contributed by atoms with Crippen LogP contribution in [0.15, 0.2) is 60.9 Å². The second-order valence-electron chi connectivity index (χ2n) is 7.38. The molecule has 29 heavy (non-hydrogen) atoms. The van der Waals surface area contributed by atoms with Gasteiger partial charge >= 0.3 is 0 Å². The molecule has 1 saturated heterocycles. The van der Waals surface area contributed by atoms with Gasteiger partial charge in [0.2, 0.25) is 0 Å². The zero-order chi connectivity index (χ0) is 19.6. The smallest absolute Gasteiger partial charge is 0.251 e. The maximum Gasteiger partial charge on any atom is 0.251 e. The average molecular weight is 386 g/mol. The van der Waals surface area contributed by atoms with Gasteiger partial charge in [0.05, 0.1) is 23.1 Å². The van der Waals surface area contributed by atoms with E-state index in [1.54, 1.807) is 6.33 Å². The summed E-state index contributed by atoms with van der Waals surface area (Å²) in [4.78, 5) is 22.1. The highest BCUT2D eigenvalue weighted by molar-refractivity contribution is 5.97. The van der Waals surface area contributed by atoms with Gasteiger partial charge in [-0.1, -0.05) is 30.3 Å². The van der Waals surface area contributed by atoms with E-state index in [1.807, 2.05) is 36.4 Å². The molecule has 1 fully saturated rings. The summed E-state index contributed by atoms with van der Waals surface area (Å²) in [7, 11) is 0. The van der Waals surface area contributed by atoms with Crippen molar-refractivity contribution in [2.24, 2.45) is 0 Å². The summed E-state index contributed by atoms with van der Waals surface area (Å²) in [5.74, 6) is 0.921. The molecular formula is C22H22N6O. The molecule has 146 valence electrons. The van der Waals surface area contributed by atoms with Gasteiger partial charge < -0.3 is 15.2 Å². The van der Waals surface area contributed by atoms with Gasteiger partial charge in [-0.05, 0) is 36.6 Å². The summed E-state index contributed by atoms with van der Waals surface area (Å²) < 4.78 is 0. The van der Waals surface area contributed by atoms with Crippen molar-refractivity contribution in [3.63, 3.8) is 0 Å². The maximum absolute atomic E-state index is 12.6. The molecule has 2 aromatic heterocycles. The van der Waals surface area contributed by atoms with E-state index in [-0.39, 0.29) is 11.9 Å². The zero-order valence-corrected chi connectivity index (χ0v) is 15.9. The number of anilines is 1. The topological polar surface area (TPSA) is 89.7 Å². The summed E-state index contributed by atoms with van der Waals surface area (Å²) in [6, 6.07) is 18.0. The van der Waals surface area contributed by atoms with Crippen molar-refractivity contribution in [1.82, 2.24) is 25.5 Å². The Balaban J connectivity index is 1.19. The Morgan fingerprint density at radius 2 is 1.90 bits per heavy atom. The van der Waals surface area contributed by atoms with E-state index in [9.17, 15) is 4.79 Å². The number of hydrogen-bond donors (Lipinski definition) is 3. The van der Waals surface area contributed by atoms with Crippen LogP contribution >= 0.6 is 0 Å². The van der Waals surface area contributed by atoms with E-state index in [1.165, 1.54) is 0 Å². The number of nitrogens with one attached hydrogen (secondary N) is 3. The van der Waals surface area contributed by atoms with E-state index >= 15 is 0 Å². The predicted octanol–water partition coefficient (Wildman–Crippen LogP) is 3.35. The number of fused-ring (bicyclic) bond motifs is 1. The van der Waals surface area contributed by atoms with Crippen LogP contribution in [0.1, 0.15) is 23.2 Å². The van der Waals surface area contributed by atoms with Crippen LogP contribution in [-0.2, 0) is 0 Å². The third-order valence-corrected chi connectivity index (χ3v) is 5.49. The first-order valence-electron chi connectivity index (χ1n) is 9.86. The van der Waals surface area contributed by atoms with Gasteiger partial charge in [-0.15, -0.1) is 0 Å². The first-order chi connectivity index (χ1) is 14.3. The summed E-state index contributed by atoms with van der Waals surface area (Å²) in [5.41, 5.74) is 4.54. The highest BCUT2D eigenvalue weighted by Gasteiger charge is 2.23.